The van der Waals surface area contributed by atoms with Gasteiger partial charge in [-0.1, -0.05) is 24.3 Å². The van der Waals surface area contributed by atoms with Crippen LogP contribution in [0.15, 0.2) is 67.1 Å². The molecule has 0 amide bonds. The maximum absolute atomic E-state index is 4.48. The highest BCUT2D eigenvalue weighted by Gasteiger charge is 2.20. The van der Waals surface area contributed by atoms with Crippen molar-refractivity contribution in [2.24, 2.45) is 8.80 Å². The number of para-hydroxylation sites is 2. The largest absolute Gasteiger partial charge is 0.336 e. The van der Waals surface area contributed by atoms with E-state index in [0.717, 1.165) is 32.8 Å². The standard InChI is InChI=1S/C14H10N4S2/c1-3-7-11-9(5-1)15-13(17-19-11)14-16-10-6-2-4-8-12(10)20-18-14/h1-8H,(H,15,17)(H,16,18). The Morgan fingerprint density at radius 3 is 1.60 bits per heavy atom. The molecule has 2 heterocycles. The Bertz CT molecular complexity index is 676. The molecule has 0 radical (unpaired) electrons. The van der Waals surface area contributed by atoms with Gasteiger partial charge in [-0.3, -0.25) is 0 Å². The van der Waals surface area contributed by atoms with Crippen LogP contribution >= 0.6 is 23.9 Å². The number of rotatable bonds is 1. The average molecular weight is 298 g/mol. The third-order valence-electron chi connectivity index (χ3n) is 2.98. The van der Waals surface area contributed by atoms with Crippen LogP contribution in [-0.2, 0) is 0 Å². The maximum Gasteiger partial charge on any atom is 0.182 e. The van der Waals surface area contributed by atoms with Crippen molar-refractivity contribution in [3.05, 3.63) is 48.5 Å². The summed E-state index contributed by atoms with van der Waals surface area (Å²) in [7, 11) is 0. The Kier molecular flexibility index (Phi) is 2.90. The fourth-order valence-electron chi connectivity index (χ4n) is 1.99. The van der Waals surface area contributed by atoms with Gasteiger partial charge < -0.3 is 10.6 Å². The second-order valence-electron chi connectivity index (χ2n) is 4.30. The summed E-state index contributed by atoms with van der Waals surface area (Å²) in [4.78, 5) is 2.25. The van der Waals surface area contributed by atoms with Gasteiger partial charge in [0.15, 0.2) is 11.7 Å². The van der Waals surface area contributed by atoms with Gasteiger partial charge in [0.1, 0.15) is 0 Å². The van der Waals surface area contributed by atoms with Crippen molar-refractivity contribution < 1.29 is 0 Å². The van der Waals surface area contributed by atoms with Gasteiger partial charge in [-0.25, -0.2) is 0 Å². The van der Waals surface area contributed by atoms with Crippen LogP contribution in [0.25, 0.3) is 0 Å². The molecule has 2 aromatic carbocycles. The van der Waals surface area contributed by atoms with Crippen molar-refractivity contribution >= 4 is 46.9 Å². The van der Waals surface area contributed by atoms with Gasteiger partial charge in [0.2, 0.25) is 0 Å². The van der Waals surface area contributed by atoms with E-state index in [1.807, 2.05) is 48.5 Å². The van der Waals surface area contributed by atoms with Gasteiger partial charge in [-0.2, -0.15) is 8.80 Å². The molecule has 4 nitrogen and oxygen atoms in total. The number of nitrogens with one attached hydrogen (secondary N) is 2. The predicted octanol–water partition coefficient (Wildman–Crippen LogP) is 4.05. The van der Waals surface area contributed by atoms with Crippen molar-refractivity contribution in [1.82, 2.24) is 0 Å². The summed E-state index contributed by atoms with van der Waals surface area (Å²) in [6.45, 7) is 0. The van der Waals surface area contributed by atoms with Crippen LogP contribution in [-0.4, -0.2) is 11.7 Å². The van der Waals surface area contributed by atoms with Crippen LogP contribution in [0.2, 0.25) is 0 Å². The SMILES string of the molecule is c1ccc2c(c1)NC(C1=NSc3ccccc3N1)=NS2. The maximum atomic E-state index is 4.48. The third kappa shape index (κ3) is 2.07. The van der Waals surface area contributed by atoms with Crippen LogP contribution in [0.1, 0.15) is 0 Å². The number of hydrogen-bond donors (Lipinski definition) is 2. The zero-order chi connectivity index (χ0) is 13.4. The van der Waals surface area contributed by atoms with E-state index in [2.05, 4.69) is 19.4 Å². The molecule has 2 aromatic rings. The fraction of sp³-hybridized carbons (Fsp3) is 0. The van der Waals surface area contributed by atoms with Crippen molar-refractivity contribution in [2.75, 3.05) is 10.6 Å². The van der Waals surface area contributed by atoms with Crippen LogP contribution in [0.5, 0.6) is 0 Å². The van der Waals surface area contributed by atoms with Gasteiger partial charge in [0, 0.05) is 23.9 Å². The molecular formula is C14H10N4S2. The summed E-state index contributed by atoms with van der Waals surface area (Å²) in [5, 5.41) is 6.64. The summed E-state index contributed by atoms with van der Waals surface area (Å²) < 4.78 is 8.97. The Hall–Kier alpha value is -1.92. The highest BCUT2D eigenvalue weighted by molar-refractivity contribution is 7.99. The molecule has 6 heteroatoms. The van der Waals surface area contributed by atoms with Gasteiger partial charge in [-0.15, -0.1) is 0 Å². The van der Waals surface area contributed by atoms with Crippen LogP contribution in [0.3, 0.4) is 0 Å². The lowest BCUT2D eigenvalue weighted by Gasteiger charge is -2.22. The Morgan fingerprint density at radius 1 is 0.650 bits per heavy atom. The molecule has 0 unspecified atom stereocenters. The highest BCUT2D eigenvalue weighted by atomic mass is 32.2. The summed E-state index contributed by atoms with van der Waals surface area (Å²) in [5.74, 6) is 1.52. The van der Waals surface area contributed by atoms with Gasteiger partial charge >= 0.3 is 0 Å². The molecule has 4 rings (SSSR count). The lowest BCUT2D eigenvalue weighted by Crippen LogP contribution is -2.31. The molecule has 0 atom stereocenters. The minimum Gasteiger partial charge on any atom is -0.336 e. The fourth-order valence-corrected chi connectivity index (χ4v) is 3.35. The average Bonchev–Trinajstić information content (AvgIpc) is 2.54. The Balaban J connectivity index is 1.62. The molecule has 0 saturated heterocycles. The first-order valence-electron chi connectivity index (χ1n) is 6.13. The molecule has 0 aliphatic carbocycles. The molecule has 2 N–H and O–H groups in total. The van der Waals surface area contributed by atoms with Crippen molar-refractivity contribution in [3.8, 4) is 0 Å². The number of benzene rings is 2. The first kappa shape index (κ1) is 11.9. The minimum absolute atomic E-state index is 0.760. The topological polar surface area (TPSA) is 48.8 Å². The normalized spacial score (nSPS) is 16.0. The number of amidine groups is 2. The lowest BCUT2D eigenvalue weighted by atomic mass is 10.3. The molecule has 0 aromatic heterocycles. The lowest BCUT2D eigenvalue weighted by molar-refractivity contribution is 1.40. The van der Waals surface area contributed by atoms with E-state index in [0.29, 0.717) is 0 Å². The molecule has 0 saturated carbocycles. The highest BCUT2D eigenvalue weighted by Crippen LogP contribution is 2.35. The van der Waals surface area contributed by atoms with Crippen molar-refractivity contribution in [3.63, 3.8) is 0 Å². The van der Waals surface area contributed by atoms with E-state index in [9.17, 15) is 0 Å². The summed E-state index contributed by atoms with van der Waals surface area (Å²) in [6.07, 6.45) is 0. The van der Waals surface area contributed by atoms with Gasteiger partial charge in [0.05, 0.1) is 21.2 Å². The monoisotopic (exact) mass is 298 g/mol. The molecule has 0 spiro atoms. The molecule has 0 fully saturated rings. The van der Waals surface area contributed by atoms with E-state index >= 15 is 0 Å². The number of fused-ring (bicyclic) bond motifs is 2. The van der Waals surface area contributed by atoms with Crippen LogP contribution in [0.4, 0.5) is 11.4 Å². The molecule has 20 heavy (non-hydrogen) atoms. The molecule has 0 bridgehead atoms. The minimum atomic E-state index is 0.760. The summed E-state index contributed by atoms with van der Waals surface area (Å²) in [5.41, 5.74) is 2.13. The Morgan fingerprint density at radius 2 is 1.10 bits per heavy atom. The second-order valence-corrected chi connectivity index (χ2v) is 5.91. The quantitative estimate of drug-likeness (QED) is 0.780. The number of nitrogens with zero attached hydrogens (tertiary/aromatic N) is 2. The van der Waals surface area contributed by atoms with E-state index < -0.39 is 0 Å². The first-order chi connectivity index (χ1) is 9.90. The molecule has 98 valence electrons. The second kappa shape index (κ2) is 4.88. The van der Waals surface area contributed by atoms with Crippen LogP contribution in [0, 0.1) is 0 Å². The van der Waals surface area contributed by atoms with Gasteiger partial charge in [-0.05, 0) is 24.3 Å². The van der Waals surface area contributed by atoms with Gasteiger partial charge in [0.25, 0.3) is 0 Å². The zero-order valence-corrected chi connectivity index (χ0v) is 12.0. The molecule has 2 aliphatic rings. The molecule has 2 aliphatic heterocycles. The first-order valence-corrected chi connectivity index (χ1v) is 7.67. The van der Waals surface area contributed by atoms with Crippen LogP contribution < -0.4 is 10.6 Å². The predicted molar refractivity (Wildman–Crippen MR) is 86.7 cm³/mol. The summed E-state index contributed by atoms with van der Waals surface area (Å²) >= 11 is 2.93. The van der Waals surface area contributed by atoms with E-state index in [4.69, 9.17) is 0 Å². The number of hydrogen-bond acceptors (Lipinski definition) is 6. The summed E-state index contributed by atoms with van der Waals surface area (Å²) in [6, 6.07) is 16.2. The van der Waals surface area contributed by atoms with E-state index in [1.165, 1.54) is 23.9 Å². The molecular weight excluding hydrogens is 288 g/mol. The zero-order valence-electron chi connectivity index (χ0n) is 10.3. The number of anilines is 2. The smallest absolute Gasteiger partial charge is 0.182 e. The Labute approximate surface area is 125 Å². The van der Waals surface area contributed by atoms with Crippen molar-refractivity contribution in [2.45, 2.75) is 9.79 Å². The van der Waals surface area contributed by atoms with E-state index in [-0.39, 0.29) is 0 Å². The van der Waals surface area contributed by atoms with Crippen molar-refractivity contribution in [1.29, 1.82) is 0 Å². The van der Waals surface area contributed by atoms with E-state index in [1.54, 1.807) is 0 Å². The third-order valence-corrected chi connectivity index (χ3v) is 4.63.